The zero-order valence-corrected chi connectivity index (χ0v) is 15.3. The average Bonchev–Trinajstić information content (AvgIpc) is 2.61. The molecule has 1 saturated heterocycles. The molecule has 2 aromatic rings. The molecule has 25 heavy (non-hydrogen) atoms. The van der Waals surface area contributed by atoms with Crippen molar-refractivity contribution in [3.8, 4) is 5.75 Å². The van der Waals surface area contributed by atoms with Gasteiger partial charge in [0, 0.05) is 38.4 Å². The van der Waals surface area contributed by atoms with Gasteiger partial charge in [0.1, 0.15) is 5.75 Å². The van der Waals surface area contributed by atoms with Crippen LogP contribution in [0.4, 0.5) is 5.69 Å². The third-order valence-electron chi connectivity index (χ3n) is 4.36. The van der Waals surface area contributed by atoms with Crippen LogP contribution in [0, 0.1) is 6.92 Å². The minimum absolute atomic E-state index is 0.00629. The summed E-state index contributed by atoms with van der Waals surface area (Å²) < 4.78 is 29.3. The standard InChI is InChI=1S/C19H24N2O3S/c1-17-6-5-7-18(16-17)21-12-10-20(11-13-21)14-15-25(22,23)24-19-8-3-2-4-9-19/h2-9,16H,10-15H2,1H3. The highest BCUT2D eigenvalue weighted by Gasteiger charge is 2.20. The molecule has 0 radical (unpaired) electrons. The van der Waals surface area contributed by atoms with Crippen LogP contribution in [0.3, 0.4) is 0 Å². The number of hydrogen-bond acceptors (Lipinski definition) is 5. The van der Waals surface area contributed by atoms with Crippen molar-refractivity contribution in [3.63, 3.8) is 0 Å². The molecule has 1 aliphatic heterocycles. The number of benzene rings is 2. The highest BCUT2D eigenvalue weighted by atomic mass is 32.2. The molecule has 1 aliphatic rings. The van der Waals surface area contributed by atoms with Gasteiger partial charge >= 0.3 is 10.1 Å². The molecule has 0 N–H and O–H groups in total. The average molecular weight is 360 g/mol. The van der Waals surface area contributed by atoms with Crippen LogP contribution in [-0.4, -0.2) is 51.8 Å². The Balaban J connectivity index is 1.47. The summed E-state index contributed by atoms with van der Waals surface area (Å²) in [6.45, 7) is 6.11. The van der Waals surface area contributed by atoms with Gasteiger partial charge in [-0.15, -0.1) is 0 Å². The molecule has 134 valence electrons. The van der Waals surface area contributed by atoms with Crippen molar-refractivity contribution in [1.29, 1.82) is 0 Å². The molecule has 0 bridgehead atoms. The fourth-order valence-corrected chi connectivity index (χ4v) is 3.93. The molecule has 0 aliphatic carbocycles. The van der Waals surface area contributed by atoms with Gasteiger partial charge < -0.3 is 9.08 Å². The van der Waals surface area contributed by atoms with Gasteiger partial charge in [0.15, 0.2) is 0 Å². The molecule has 0 spiro atoms. The number of rotatable bonds is 6. The Morgan fingerprint density at radius 1 is 0.960 bits per heavy atom. The molecule has 1 heterocycles. The highest BCUT2D eigenvalue weighted by molar-refractivity contribution is 7.87. The van der Waals surface area contributed by atoms with E-state index in [-0.39, 0.29) is 5.75 Å². The van der Waals surface area contributed by atoms with E-state index in [4.69, 9.17) is 4.18 Å². The minimum Gasteiger partial charge on any atom is -0.382 e. The third kappa shape index (κ3) is 5.21. The maximum atomic E-state index is 12.1. The van der Waals surface area contributed by atoms with Gasteiger partial charge in [0.05, 0.1) is 5.75 Å². The van der Waals surface area contributed by atoms with Gasteiger partial charge in [-0.1, -0.05) is 30.3 Å². The highest BCUT2D eigenvalue weighted by Crippen LogP contribution is 2.18. The van der Waals surface area contributed by atoms with Crippen molar-refractivity contribution < 1.29 is 12.6 Å². The van der Waals surface area contributed by atoms with E-state index in [1.54, 1.807) is 24.3 Å². The Bertz CT molecular complexity index is 785. The maximum Gasteiger partial charge on any atom is 0.310 e. The van der Waals surface area contributed by atoms with E-state index in [9.17, 15) is 8.42 Å². The van der Waals surface area contributed by atoms with Crippen molar-refractivity contribution in [1.82, 2.24) is 4.90 Å². The lowest BCUT2D eigenvalue weighted by Crippen LogP contribution is -2.47. The van der Waals surface area contributed by atoms with Crippen LogP contribution < -0.4 is 9.08 Å². The summed E-state index contributed by atoms with van der Waals surface area (Å²) in [5.74, 6) is 0.374. The summed E-state index contributed by atoms with van der Waals surface area (Å²) in [4.78, 5) is 4.52. The van der Waals surface area contributed by atoms with Crippen LogP contribution in [0.5, 0.6) is 5.75 Å². The Kier molecular flexibility index (Phi) is 5.60. The topological polar surface area (TPSA) is 49.9 Å². The monoisotopic (exact) mass is 360 g/mol. The fraction of sp³-hybridized carbons (Fsp3) is 0.368. The van der Waals surface area contributed by atoms with Crippen LogP contribution in [0.25, 0.3) is 0 Å². The molecule has 6 heteroatoms. The van der Waals surface area contributed by atoms with Gasteiger partial charge in [0.2, 0.25) is 0 Å². The Hall–Kier alpha value is -2.05. The van der Waals surface area contributed by atoms with E-state index in [1.165, 1.54) is 11.3 Å². The molecular weight excluding hydrogens is 336 g/mol. The van der Waals surface area contributed by atoms with Gasteiger partial charge in [0.25, 0.3) is 0 Å². The first kappa shape index (κ1) is 17.8. The van der Waals surface area contributed by atoms with E-state index in [1.807, 2.05) is 6.07 Å². The normalized spacial score (nSPS) is 16.0. The molecule has 1 fully saturated rings. The van der Waals surface area contributed by atoms with Crippen LogP contribution in [0.1, 0.15) is 5.56 Å². The summed E-state index contributed by atoms with van der Waals surface area (Å²) in [6, 6.07) is 17.1. The van der Waals surface area contributed by atoms with E-state index in [0.717, 1.165) is 26.2 Å². The van der Waals surface area contributed by atoms with E-state index in [0.29, 0.717) is 12.3 Å². The summed E-state index contributed by atoms with van der Waals surface area (Å²) >= 11 is 0. The van der Waals surface area contributed by atoms with Gasteiger partial charge in [-0.25, -0.2) is 0 Å². The van der Waals surface area contributed by atoms with Crippen LogP contribution in [-0.2, 0) is 10.1 Å². The van der Waals surface area contributed by atoms with Crippen molar-refractivity contribution in [2.24, 2.45) is 0 Å². The predicted octanol–water partition coefficient (Wildman–Crippen LogP) is 2.53. The zero-order valence-electron chi connectivity index (χ0n) is 14.5. The van der Waals surface area contributed by atoms with Gasteiger partial charge in [-0.2, -0.15) is 8.42 Å². The molecule has 0 unspecified atom stereocenters. The lowest BCUT2D eigenvalue weighted by molar-refractivity contribution is 0.270. The SMILES string of the molecule is Cc1cccc(N2CCN(CCS(=O)(=O)Oc3ccccc3)CC2)c1. The van der Waals surface area contributed by atoms with Crippen LogP contribution in [0.2, 0.25) is 0 Å². The van der Waals surface area contributed by atoms with Crippen LogP contribution >= 0.6 is 0 Å². The summed E-state index contributed by atoms with van der Waals surface area (Å²) in [7, 11) is -3.56. The van der Waals surface area contributed by atoms with Gasteiger partial charge in [-0.05, 0) is 36.8 Å². The van der Waals surface area contributed by atoms with Crippen molar-refractivity contribution in [2.45, 2.75) is 6.92 Å². The van der Waals surface area contributed by atoms with E-state index < -0.39 is 10.1 Å². The predicted molar refractivity (Wildman–Crippen MR) is 101 cm³/mol. The Morgan fingerprint density at radius 3 is 2.36 bits per heavy atom. The number of hydrogen-bond donors (Lipinski definition) is 0. The van der Waals surface area contributed by atoms with Crippen molar-refractivity contribution >= 4 is 15.8 Å². The molecule has 3 rings (SSSR count). The molecule has 0 amide bonds. The number of anilines is 1. The number of aryl methyl sites for hydroxylation is 1. The Labute approximate surface area is 150 Å². The lowest BCUT2D eigenvalue weighted by Gasteiger charge is -2.36. The maximum absolute atomic E-state index is 12.1. The van der Waals surface area contributed by atoms with Gasteiger partial charge in [-0.3, -0.25) is 4.90 Å². The molecule has 0 saturated carbocycles. The zero-order chi connectivity index (χ0) is 17.7. The second-order valence-corrected chi connectivity index (χ2v) is 8.02. The molecule has 2 aromatic carbocycles. The second-order valence-electron chi connectivity index (χ2n) is 6.33. The first-order chi connectivity index (χ1) is 12.0. The minimum atomic E-state index is -3.56. The quantitative estimate of drug-likeness (QED) is 0.741. The molecular formula is C19H24N2O3S. The number of nitrogens with zero attached hydrogens (tertiary/aromatic N) is 2. The molecule has 0 aromatic heterocycles. The van der Waals surface area contributed by atoms with Crippen molar-refractivity contribution in [2.75, 3.05) is 43.4 Å². The fourth-order valence-electron chi connectivity index (χ4n) is 2.96. The first-order valence-electron chi connectivity index (χ1n) is 8.53. The van der Waals surface area contributed by atoms with E-state index >= 15 is 0 Å². The number of para-hydroxylation sites is 1. The largest absolute Gasteiger partial charge is 0.382 e. The summed E-state index contributed by atoms with van der Waals surface area (Å²) in [5, 5.41) is 0. The Morgan fingerprint density at radius 2 is 1.68 bits per heavy atom. The third-order valence-corrected chi connectivity index (χ3v) is 5.49. The summed E-state index contributed by atoms with van der Waals surface area (Å²) in [6.07, 6.45) is 0. The van der Waals surface area contributed by atoms with E-state index in [2.05, 4.69) is 41.0 Å². The molecule has 0 atom stereocenters. The second kappa shape index (κ2) is 7.89. The lowest BCUT2D eigenvalue weighted by atomic mass is 10.2. The van der Waals surface area contributed by atoms with Crippen LogP contribution in [0.15, 0.2) is 54.6 Å². The van der Waals surface area contributed by atoms with Crippen molar-refractivity contribution in [3.05, 3.63) is 60.2 Å². The molecule has 5 nitrogen and oxygen atoms in total. The number of piperazine rings is 1. The first-order valence-corrected chi connectivity index (χ1v) is 10.1. The summed E-state index contributed by atoms with van der Waals surface area (Å²) in [5.41, 5.74) is 2.49. The smallest absolute Gasteiger partial charge is 0.310 e.